The van der Waals surface area contributed by atoms with Crippen LogP contribution in [-0.4, -0.2) is 17.5 Å². The second kappa shape index (κ2) is 6.96. The van der Waals surface area contributed by atoms with Gasteiger partial charge in [0, 0.05) is 39.1 Å². The van der Waals surface area contributed by atoms with Gasteiger partial charge in [-0.3, -0.25) is 14.4 Å². The van der Waals surface area contributed by atoms with Gasteiger partial charge in [-0.15, -0.1) is 5.73 Å². The van der Waals surface area contributed by atoms with Gasteiger partial charge >= 0.3 is 0 Å². The van der Waals surface area contributed by atoms with Gasteiger partial charge < -0.3 is 5.32 Å². The lowest BCUT2D eigenvalue weighted by molar-refractivity contribution is 0.0978. The first-order chi connectivity index (χ1) is 14.6. The Balaban J connectivity index is 1.41. The standard InChI is InChI=1S/C26H15NO3/c28-24-20-7-3-4-8-21(20)25(29)23-15-18(11-14-22(23)24)26(30)27-19-12-9-17(10-13-19)16-5-1-2-6-16/h1-5,7-15H,(H,27,30). The summed E-state index contributed by atoms with van der Waals surface area (Å²) in [4.78, 5) is 38.3. The predicted octanol–water partition coefficient (Wildman–Crippen LogP) is 4.82. The zero-order valence-corrected chi connectivity index (χ0v) is 15.8. The topological polar surface area (TPSA) is 63.2 Å². The number of hydrogen-bond donors (Lipinski definition) is 1. The van der Waals surface area contributed by atoms with Gasteiger partial charge in [0.15, 0.2) is 11.6 Å². The van der Waals surface area contributed by atoms with Crippen molar-refractivity contribution in [1.82, 2.24) is 0 Å². The SMILES string of the molecule is O=C(Nc1ccc(C2=C=CC=C2)cc1)c1ccc2c(c1)C(=O)c1ccccc1C2=O. The van der Waals surface area contributed by atoms with Crippen LogP contribution in [0.2, 0.25) is 0 Å². The van der Waals surface area contributed by atoms with E-state index in [-0.39, 0.29) is 23.0 Å². The monoisotopic (exact) mass is 389 g/mol. The van der Waals surface area contributed by atoms with Gasteiger partial charge in [-0.05, 0) is 48.0 Å². The maximum Gasteiger partial charge on any atom is 0.255 e. The lowest BCUT2D eigenvalue weighted by Crippen LogP contribution is -2.22. The molecule has 0 aliphatic heterocycles. The summed E-state index contributed by atoms with van der Waals surface area (Å²) < 4.78 is 0. The molecule has 3 aromatic carbocycles. The lowest BCUT2D eigenvalue weighted by Gasteiger charge is -2.18. The summed E-state index contributed by atoms with van der Waals surface area (Å²) in [7, 11) is 0. The molecule has 1 amide bonds. The Morgan fingerprint density at radius 1 is 0.767 bits per heavy atom. The van der Waals surface area contributed by atoms with Crippen molar-refractivity contribution in [3.63, 3.8) is 0 Å². The van der Waals surface area contributed by atoms with E-state index in [0.29, 0.717) is 27.9 Å². The third-order valence-electron chi connectivity index (χ3n) is 5.24. The van der Waals surface area contributed by atoms with Crippen LogP contribution in [0.3, 0.4) is 0 Å². The molecule has 0 spiro atoms. The van der Waals surface area contributed by atoms with Gasteiger partial charge in [-0.25, -0.2) is 0 Å². The van der Waals surface area contributed by atoms with Crippen LogP contribution in [0, 0.1) is 0 Å². The molecule has 0 saturated heterocycles. The average molecular weight is 389 g/mol. The zero-order valence-electron chi connectivity index (χ0n) is 15.8. The maximum atomic E-state index is 12.8. The Kier molecular flexibility index (Phi) is 4.13. The van der Waals surface area contributed by atoms with E-state index >= 15 is 0 Å². The maximum absolute atomic E-state index is 12.8. The molecule has 0 fully saturated rings. The van der Waals surface area contributed by atoms with Crippen LogP contribution < -0.4 is 5.32 Å². The summed E-state index contributed by atoms with van der Waals surface area (Å²) in [6.07, 6.45) is 5.74. The van der Waals surface area contributed by atoms with Crippen LogP contribution in [-0.2, 0) is 0 Å². The third kappa shape index (κ3) is 2.93. The molecule has 2 aliphatic rings. The van der Waals surface area contributed by atoms with E-state index in [2.05, 4.69) is 11.0 Å². The number of fused-ring (bicyclic) bond motifs is 2. The summed E-state index contributed by atoms with van der Waals surface area (Å²) in [6.45, 7) is 0. The average Bonchev–Trinajstić information content (AvgIpc) is 3.32. The number of carbonyl (C=O) groups excluding carboxylic acids is 3. The van der Waals surface area contributed by atoms with Crippen molar-refractivity contribution in [2.75, 3.05) is 5.32 Å². The lowest BCUT2D eigenvalue weighted by atomic mass is 9.83. The van der Waals surface area contributed by atoms with Crippen LogP contribution in [0.25, 0.3) is 5.57 Å². The van der Waals surface area contributed by atoms with E-state index in [4.69, 9.17) is 0 Å². The Labute approximate surface area is 172 Å². The van der Waals surface area contributed by atoms with Crippen molar-refractivity contribution < 1.29 is 14.4 Å². The number of ketones is 2. The predicted molar refractivity (Wildman–Crippen MR) is 115 cm³/mol. The quantitative estimate of drug-likeness (QED) is 0.511. The van der Waals surface area contributed by atoms with E-state index in [1.807, 2.05) is 42.5 Å². The van der Waals surface area contributed by atoms with Crippen LogP contribution >= 0.6 is 0 Å². The van der Waals surface area contributed by atoms with E-state index in [1.165, 1.54) is 6.07 Å². The van der Waals surface area contributed by atoms with Crippen molar-refractivity contribution >= 4 is 28.7 Å². The molecule has 2 aliphatic carbocycles. The number of rotatable bonds is 3. The van der Waals surface area contributed by atoms with Gasteiger partial charge in [-0.1, -0.05) is 42.5 Å². The molecule has 3 aromatic rings. The minimum absolute atomic E-state index is 0.202. The first-order valence-corrected chi connectivity index (χ1v) is 9.49. The number of hydrogen-bond acceptors (Lipinski definition) is 3. The van der Waals surface area contributed by atoms with Crippen molar-refractivity contribution in [2.24, 2.45) is 0 Å². The molecule has 0 unspecified atom stereocenters. The van der Waals surface area contributed by atoms with E-state index in [0.717, 1.165) is 11.1 Å². The molecule has 142 valence electrons. The Bertz CT molecular complexity index is 1340. The molecule has 30 heavy (non-hydrogen) atoms. The second-order valence-electron chi connectivity index (χ2n) is 7.08. The van der Waals surface area contributed by atoms with Crippen LogP contribution in [0.4, 0.5) is 5.69 Å². The van der Waals surface area contributed by atoms with Gasteiger partial charge in [0.2, 0.25) is 0 Å². The number of anilines is 1. The fraction of sp³-hybridized carbons (Fsp3) is 0. The molecule has 0 heterocycles. The molecule has 1 N–H and O–H groups in total. The molecule has 5 rings (SSSR count). The fourth-order valence-corrected chi connectivity index (χ4v) is 3.69. The van der Waals surface area contributed by atoms with Crippen molar-refractivity contribution in [1.29, 1.82) is 0 Å². The highest BCUT2D eigenvalue weighted by molar-refractivity contribution is 6.28. The number of nitrogens with one attached hydrogen (secondary N) is 1. The highest BCUT2D eigenvalue weighted by Gasteiger charge is 2.29. The molecule has 4 heteroatoms. The molecule has 0 radical (unpaired) electrons. The Morgan fingerprint density at radius 2 is 1.43 bits per heavy atom. The van der Waals surface area contributed by atoms with E-state index in [1.54, 1.807) is 36.4 Å². The first kappa shape index (κ1) is 17.8. The summed E-state index contributed by atoms with van der Waals surface area (Å²) >= 11 is 0. The highest BCUT2D eigenvalue weighted by atomic mass is 16.2. The van der Waals surface area contributed by atoms with Gasteiger partial charge in [0.25, 0.3) is 5.91 Å². The van der Waals surface area contributed by atoms with Crippen LogP contribution in [0.1, 0.15) is 47.8 Å². The molecular weight excluding hydrogens is 374 g/mol. The largest absolute Gasteiger partial charge is 0.322 e. The van der Waals surface area contributed by atoms with E-state index in [9.17, 15) is 14.4 Å². The number of carbonyl (C=O) groups is 3. The molecule has 0 saturated carbocycles. The smallest absolute Gasteiger partial charge is 0.255 e. The summed E-state index contributed by atoms with van der Waals surface area (Å²) in [5.41, 5.74) is 7.45. The van der Waals surface area contributed by atoms with Gasteiger partial charge in [0.05, 0.1) is 0 Å². The Hall–Kier alpha value is -4.27. The molecule has 0 bridgehead atoms. The van der Waals surface area contributed by atoms with E-state index < -0.39 is 0 Å². The van der Waals surface area contributed by atoms with Crippen LogP contribution in [0.15, 0.2) is 90.7 Å². The Morgan fingerprint density at radius 3 is 2.10 bits per heavy atom. The number of amides is 1. The number of allylic oxidation sites excluding steroid dienone is 3. The summed E-state index contributed by atoms with van der Waals surface area (Å²) in [5.74, 6) is -0.790. The van der Waals surface area contributed by atoms with Gasteiger partial charge in [-0.2, -0.15) is 0 Å². The molecule has 0 atom stereocenters. The van der Waals surface area contributed by atoms with Crippen molar-refractivity contribution in [3.8, 4) is 0 Å². The third-order valence-corrected chi connectivity index (χ3v) is 5.24. The minimum atomic E-state index is -0.343. The van der Waals surface area contributed by atoms with Crippen LogP contribution in [0.5, 0.6) is 0 Å². The second-order valence-corrected chi connectivity index (χ2v) is 7.08. The molecule has 4 nitrogen and oxygen atoms in total. The first-order valence-electron chi connectivity index (χ1n) is 9.49. The van der Waals surface area contributed by atoms with Gasteiger partial charge in [0.1, 0.15) is 0 Å². The summed E-state index contributed by atoms with van der Waals surface area (Å²) in [6, 6.07) is 18.8. The van der Waals surface area contributed by atoms with Crippen molar-refractivity contribution in [2.45, 2.75) is 0 Å². The molecule has 0 aromatic heterocycles. The summed E-state index contributed by atoms with van der Waals surface area (Å²) in [5, 5.41) is 2.84. The fourth-order valence-electron chi connectivity index (χ4n) is 3.69. The highest BCUT2D eigenvalue weighted by Crippen LogP contribution is 2.28. The van der Waals surface area contributed by atoms with Crippen molar-refractivity contribution in [3.05, 3.63) is 124 Å². The molecular formula is C26H15NO3. The normalized spacial score (nSPS) is 13.7. The minimum Gasteiger partial charge on any atom is -0.322 e. The zero-order chi connectivity index (χ0) is 20.7. The number of benzene rings is 3.